The Balaban J connectivity index is 2.69. The van der Waals surface area contributed by atoms with Gasteiger partial charge in [-0.05, 0) is 12.0 Å². The zero-order valence-electron chi connectivity index (χ0n) is 11.5. The molecule has 0 radical (unpaired) electrons. The molecule has 1 N–H and O–H groups in total. The number of aliphatic hydroxyl groups is 1. The van der Waals surface area contributed by atoms with Crippen molar-refractivity contribution in [2.75, 3.05) is 0 Å². The molecule has 0 bridgehead atoms. The van der Waals surface area contributed by atoms with Crippen LogP contribution in [0.4, 0.5) is 13.2 Å². The highest BCUT2D eigenvalue weighted by Crippen LogP contribution is 2.31. The van der Waals surface area contributed by atoms with Crippen LogP contribution in [0.25, 0.3) is 0 Å². The van der Waals surface area contributed by atoms with Gasteiger partial charge >= 0.3 is 12.1 Å². The van der Waals surface area contributed by atoms with Crippen molar-refractivity contribution in [2.24, 2.45) is 0 Å². The summed E-state index contributed by atoms with van der Waals surface area (Å²) < 4.78 is 42.6. The zero-order valence-corrected chi connectivity index (χ0v) is 12.3. The van der Waals surface area contributed by atoms with Crippen molar-refractivity contribution in [3.05, 3.63) is 35.9 Å². The van der Waals surface area contributed by atoms with E-state index < -0.39 is 23.7 Å². The number of halogens is 3. The number of ether oxygens (including phenoxy) is 1. The maximum absolute atomic E-state index is 12.6. The maximum atomic E-state index is 12.6. The molecule has 0 aliphatic rings. The van der Waals surface area contributed by atoms with Crippen molar-refractivity contribution in [1.82, 2.24) is 0 Å². The summed E-state index contributed by atoms with van der Waals surface area (Å²) in [5.74, 6) is -0.538. The standard InChI is InChI=1S/C14H17F3O3S/c1-2-6-11(18)20-13(12(19)14(15,16)17)21-9-10-7-4-3-5-8-10/h3-5,7-8,12-13,19H,2,6,9H2,1H3. The van der Waals surface area contributed by atoms with Crippen LogP contribution >= 0.6 is 11.8 Å². The lowest BCUT2D eigenvalue weighted by atomic mass is 10.2. The molecule has 1 rings (SSSR count). The van der Waals surface area contributed by atoms with Crippen molar-refractivity contribution in [1.29, 1.82) is 0 Å². The molecule has 0 aliphatic carbocycles. The Bertz CT molecular complexity index is 437. The Morgan fingerprint density at radius 3 is 2.48 bits per heavy atom. The van der Waals surface area contributed by atoms with Gasteiger partial charge in [-0.25, -0.2) is 0 Å². The highest BCUT2D eigenvalue weighted by molar-refractivity contribution is 7.99. The predicted molar refractivity (Wildman–Crippen MR) is 74.6 cm³/mol. The summed E-state index contributed by atoms with van der Waals surface area (Å²) >= 11 is 0.751. The van der Waals surface area contributed by atoms with E-state index in [9.17, 15) is 23.1 Å². The number of carbonyl (C=O) groups excluding carboxylic acids is 1. The van der Waals surface area contributed by atoms with Crippen LogP contribution < -0.4 is 0 Å². The van der Waals surface area contributed by atoms with Gasteiger partial charge in [0.2, 0.25) is 0 Å². The van der Waals surface area contributed by atoms with E-state index in [4.69, 9.17) is 4.74 Å². The van der Waals surface area contributed by atoms with E-state index in [1.54, 1.807) is 37.3 Å². The second-order valence-corrected chi connectivity index (χ2v) is 5.48. The molecule has 2 atom stereocenters. The molecule has 3 nitrogen and oxygen atoms in total. The van der Waals surface area contributed by atoms with Crippen LogP contribution in [0.3, 0.4) is 0 Å². The van der Waals surface area contributed by atoms with E-state index >= 15 is 0 Å². The summed E-state index contributed by atoms with van der Waals surface area (Å²) in [6, 6.07) is 8.80. The number of hydrogen-bond donors (Lipinski definition) is 1. The van der Waals surface area contributed by atoms with Gasteiger partial charge in [-0.15, -0.1) is 11.8 Å². The van der Waals surface area contributed by atoms with Gasteiger partial charge in [0.1, 0.15) is 0 Å². The van der Waals surface area contributed by atoms with Crippen LogP contribution in [0.5, 0.6) is 0 Å². The van der Waals surface area contributed by atoms with Crippen LogP contribution in [0.1, 0.15) is 25.3 Å². The van der Waals surface area contributed by atoms with Gasteiger partial charge in [0, 0.05) is 12.2 Å². The summed E-state index contributed by atoms with van der Waals surface area (Å²) in [5, 5.41) is 9.32. The van der Waals surface area contributed by atoms with Crippen molar-refractivity contribution in [3.63, 3.8) is 0 Å². The third-order valence-electron chi connectivity index (χ3n) is 2.55. The highest BCUT2D eigenvalue weighted by Gasteiger charge is 2.45. The van der Waals surface area contributed by atoms with E-state index in [0.717, 1.165) is 17.3 Å². The predicted octanol–water partition coefficient (Wildman–Crippen LogP) is 3.51. The molecule has 0 fully saturated rings. The first-order valence-corrected chi connectivity index (χ1v) is 7.49. The van der Waals surface area contributed by atoms with Gasteiger partial charge < -0.3 is 9.84 Å². The first-order chi connectivity index (χ1) is 9.84. The Morgan fingerprint density at radius 1 is 1.33 bits per heavy atom. The molecule has 0 aromatic heterocycles. The first kappa shape index (κ1) is 17.8. The molecular weight excluding hydrogens is 305 g/mol. The lowest BCUT2D eigenvalue weighted by molar-refractivity contribution is -0.222. The fourth-order valence-corrected chi connectivity index (χ4v) is 2.55. The Hall–Kier alpha value is -1.21. The lowest BCUT2D eigenvalue weighted by Crippen LogP contribution is -2.40. The molecule has 21 heavy (non-hydrogen) atoms. The molecule has 0 aliphatic heterocycles. The number of aliphatic hydroxyl groups excluding tert-OH is 1. The van der Waals surface area contributed by atoms with E-state index in [1.807, 2.05) is 0 Å². The monoisotopic (exact) mass is 322 g/mol. The quantitative estimate of drug-likeness (QED) is 0.616. The molecule has 118 valence electrons. The normalized spacial score (nSPS) is 14.5. The van der Waals surface area contributed by atoms with Crippen molar-refractivity contribution in [2.45, 2.75) is 43.2 Å². The summed E-state index contributed by atoms with van der Waals surface area (Å²) in [6.07, 6.45) is -7.04. The minimum absolute atomic E-state index is 0.0208. The second-order valence-electron chi connectivity index (χ2n) is 4.39. The van der Waals surface area contributed by atoms with Gasteiger partial charge in [-0.2, -0.15) is 13.2 Å². The molecular formula is C14H17F3O3S. The fraction of sp³-hybridized carbons (Fsp3) is 0.500. The minimum Gasteiger partial charge on any atom is -0.448 e. The number of thioether (sulfide) groups is 1. The number of rotatable bonds is 7. The van der Waals surface area contributed by atoms with Gasteiger partial charge in [0.05, 0.1) is 0 Å². The summed E-state index contributed by atoms with van der Waals surface area (Å²) in [5.41, 5.74) is -0.877. The second kappa shape index (κ2) is 8.29. The number of carbonyl (C=O) groups is 1. The Kier molecular flexibility index (Phi) is 7.04. The Labute approximate surface area is 125 Å². The topological polar surface area (TPSA) is 46.5 Å². The van der Waals surface area contributed by atoms with Crippen molar-refractivity contribution >= 4 is 17.7 Å². The van der Waals surface area contributed by atoms with Gasteiger partial charge in [-0.1, -0.05) is 37.3 Å². The zero-order chi connectivity index (χ0) is 15.9. The maximum Gasteiger partial charge on any atom is 0.418 e. The lowest BCUT2D eigenvalue weighted by Gasteiger charge is -2.24. The van der Waals surface area contributed by atoms with E-state index in [-0.39, 0.29) is 12.2 Å². The first-order valence-electron chi connectivity index (χ1n) is 6.44. The average molecular weight is 322 g/mol. The van der Waals surface area contributed by atoms with E-state index in [2.05, 4.69) is 0 Å². The summed E-state index contributed by atoms with van der Waals surface area (Å²) in [4.78, 5) is 11.4. The largest absolute Gasteiger partial charge is 0.448 e. The SMILES string of the molecule is CCCC(=O)OC(SCc1ccccc1)C(O)C(F)(F)F. The number of benzene rings is 1. The van der Waals surface area contributed by atoms with Crippen LogP contribution in [-0.4, -0.2) is 28.8 Å². The third-order valence-corrected chi connectivity index (χ3v) is 3.73. The Morgan fingerprint density at radius 2 is 1.95 bits per heavy atom. The van der Waals surface area contributed by atoms with Crippen LogP contribution in [0.2, 0.25) is 0 Å². The van der Waals surface area contributed by atoms with Gasteiger partial charge in [-0.3, -0.25) is 4.79 Å². The van der Waals surface area contributed by atoms with Crippen LogP contribution in [0.15, 0.2) is 30.3 Å². The molecule has 0 heterocycles. The third kappa shape index (κ3) is 6.39. The summed E-state index contributed by atoms with van der Waals surface area (Å²) in [7, 11) is 0. The summed E-state index contributed by atoms with van der Waals surface area (Å²) in [6.45, 7) is 1.72. The number of alkyl halides is 3. The molecule has 2 unspecified atom stereocenters. The van der Waals surface area contributed by atoms with Crippen LogP contribution in [0, 0.1) is 0 Å². The molecule has 0 saturated carbocycles. The van der Waals surface area contributed by atoms with Gasteiger partial charge in [0.15, 0.2) is 11.5 Å². The average Bonchev–Trinajstić information content (AvgIpc) is 2.43. The smallest absolute Gasteiger partial charge is 0.418 e. The number of esters is 1. The molecule has 1 aromatic rings. The molecule has 0 spiro atoms. The van der Waals surface area contributed by atoms with Crippen molar-refractivity contribution in [3.8, 4) is 0 Å². The molecule has 0 saturated heterocycles. The van der Waals surface area contributed by atoms with Crippen molar-refractivity contribution < 1.29 is 27.8 Å². The van der Waals surface area contributed by atoms with E-state index in [0.29, 0.717) is 6.42 Å². The minimum atomic E-state index is -4.83. The molecule has 7 heteroatoms. The number of hydrogen-bond acceptors (Lipinski definition) is 4. The molecule has 1 aromatic carbocycles. The fourth-order valence-electron chi connectivity index (χ4n) is 1.49. The highest BCUT2D eigenvalue weighted by atomic mass is 32.2. The van der Waals surface area contributed by atoms with Crippen LogP contribution in [-0.2, 0) is 15.3 Å². The molecule has 0 amide bonds. The van der Waals surface area contributed by atoms with Gasteiger partial charge in [0.25, 0.3) is 0 Å². The van der Waals surface area contributed by atoms with E-state index in [1.165, 1.54) is 0 Å².